The number of nitrogens with one attached hydrogen (secondary N) is 3. The monoisotopic (exact) mass is 523 g/mol. The van der Waals surface area contributed by atoms with Crippen LogP contribution >= 0.6 is 0 Å². The highest BCUT2D eigenvalue weighted by Gasteiger charge is 2.58. The van der Waals surface area contributed by atoms with Crippen LogP contribution in [0.25, 0.3) is 5.65 Å². The number of carbonyl (C=O) groups is 1. The number of amides is 1. The van der Waals surface area contributed by atoms with E-state index in [4.69, 9.17) is 4.74 Å². The fourth-order valence-electron chi connectivity index (χ4n) is 5.56. The van der Waals surface area contributed by atoms with Crippen LogP contribution in [0.5, 0.6) is 0 Å². The number of halogens is 4. The summed E-state index contributed by atoms with van der Waals surface area (Å²) in [5.41, 5.74) is 1.44. The van der Waals surface area contributed by atoms with E-state index in [1.54, 1.807) is 19.1 Å². The van der Waals surface area contributed by atoms with Gasteiger partial charge in [0.15, 0.2) is 5.82 Å². The summed E-state index contributed by atoms with van der Waals surface area (Å²) >= 11 is 0. The van der Waals surface area contributed by atoms with Crippen molar-refractivity contribution in [1.82, 2.24) is 29.9 Å². The first-order valence-electron chi connectivity index (χ1n) is 12.1. The van der Waals surface area contributed by atoms with Gasteiger partial charge in [-0.25, -0.2) is 19.2 Å². The lowest BCUT2D eigenvalue weighted by Gasteiger charge is -2.61. The largest absolute Gasteiger partial charge is 0.522 e. The molecule has 10 nitrogen and oxygen atoms in total. The third-order valence-electron chi connectivity index (χ3n) is 7.42. The molecule has 3 aromatic heterocycles. The molecule has 4 fully saturated rings. The van der Waals surface area contributed by atoms with Crippen molar-refractivity contribution in [2.24, 2.45) is 5.92 Å². The van der Waals surface area contributed by atoms with Crippen LogP contribution in [0.4, 0.5) is 34.1 Å². The first kappa shape index (κ1) is 23.9. The number of hydrogen-bond acceptors (Lipinski definition) is 7. The van der Waals surface area contributed by atoms with E-state index in [9.17, 15) is 18.0 Å². The number of nitrogens with zero attached hydrogens (tertiary/aromatic N) is 4. The molecule has 0 spiro atoms. The van der Waals surface area contributed by atoms with Crippen LogP contribution in [0.3, 0.4) is 0 Å². The molecule has 3 atom stereocenters. The van der Waals surface area contributed by atoms with Gasteiger partial charge in [0.1, 0.15) is 17.9 Å². The summed E-state index contributed by atoms with van der Waals surface area (Å²) in [6.07, 6.45) is -2.37. The third-order valence-corrected chi connectivity index (χ3v) is 7.42. The van der Waals surface area contributed by atoms with Gasteiger partial charge in [0.25, 0.3) is 0 Å². The summed E-state index contributed by atoms with van der Waals surface area (Å²) in [4.78, 5) is 20.8. The van der Waals surface area contributed by atoms with Crippen LogP contribution in [0.1, 0.15) is 55.1 Å². The molecule has 0 radical (unpaired) electrons. The smallest absolute Gasteiger partial charge is 0.443 e. The molecule has 7 rings (SSSR count). The Hall–Kier alpha value is -3.42. The number of rotatable bonds is 7. The van der Waals surface area contributed by atoms with E-state index in [-0.39, 0.29) is 17.2 Å². The van der Waals surface area contributed by atoms with Crippen molar-refractivity contribution in [1.29, 1.82) is 0 Å². The van der Waals surface area contributed by atoms with Gasteiger partial charge in [-0.3, -0.25) is 14.2 Å². The normalized spacial score (nSPS) is 28.6. The highest BCUT2D eigenvalue weighted by atomic mass is 19.4. The number of aryl methyl sites for hydroxylation is 1. The molecule has 4 aliphatic carbocycles. The van der Waals surface area contributed by atoms with E-state index in [1.807, 2.05) is 0 Å². The number of H-pyrrole nitrogens is 1. The Morgan fingerprint density at radius 3 is 2.73 bits per heavy atom. The molecule has 0 saturated heterocycles. The van der Waals surface area contributed by atoms with Gasteiger partial charge in [-0.05, 0) is 44.9 Å². The molecule has 37 heavy (non-hydrogen) atoms. The van der Waals surface area contributed by atoms with Crippen LogP contribution in [-0.2, 0) is 16.1 Å². The van der Waals surface area contributed by atoms with Crippen molar-refractivity contribution in [2.75, 3.05) is 5.32 Å². The quantitative estimate of drug-likeness (QED) is 0.393. The molecular weight excluding hydrogens is 498 g/mol. The van der Waals surface area contributed by atoms with Crippen molar-refractivity contribution in [3.8, 4) is 0 Å². The molecule has 0 aromatic carbocycles. The van der Waals surface area contributed by atoms with Gasteiger partial charge in [-0.1, -0.05) is 0 Å². The molecule has 0 unspecified atom stereocenters. The van der Waals surface area contributed by atoms with E-state index >= 15 is 4.39 Å². The third kappa shape index (κ3) is 4.69. The zero-order valence-corrected chi connectivity index (χ0v) is 19.8. The lowest BCUT2D eigenvalue weighted by molar-refractivity contribution is -0.330. The predicted octanol–water partition coefficient (Wildman–Crippen LogP) is 4.40. The van der Waals surface area contributed by atoms with Gasteiger partial charge in [0, 0.05) is 41.2 Å². The highest BCUT2D eigenvalue weighted by molar-refractivity contribution is 5.69. The van der Waals surface area contributed by atoms with Crippen molar-refractivity contribution in [3.05, 3.63) is 35.4 Å². The lowest BCUT2D eigenvalue weighted by atomic mass is 9.50. The molecule has 4 saturated carbocycles. The number of ether oxygens (including phenoxy) is 2. The van der Waals surface area contributed by atoms with Gasteiger partial charge < -0.3 is 15.4 Å². The van der Waals surface area contributed by atoms with Gasteiger partial charge in [0.05, 0.1) is 12.3 Å². The SMILES string of the molecule is Cc1cc2nc(COC(F)(F)F)cn2c(Nc2cc([C@@H]3CC[C@H](OC(=O)NC45CC(C4)C5)[C@@H]3F)[nH]n2)n1. The number of aromatic nitrogens is 5. The summed E-state index contributed by atoms with van der Waals surface area (Å²) in [5, 5.41) is 12.9. The van der Waals surface area contributed by atoms with E-state index in [0.29, 0.717) is 41.6 Å². The molecule has 198 valence electrons. The minimum atomic E-state index is -4.77. The lowest BCUT2D eigenvalue weighted by Crippen LogP contribution is -2.68. The summed E-state index contributed by atoms with van der Waals surface area (Å²) in [6.45, 7) is 0.983. The molecule has 2 bridgehead atoms. The maximum Gasteiger partial charge on any atom is 0.522 e. The van der Waals surface area contributed by atoms with Gasteiger partial charge in [-0.2, -0.15) is 5.10 Å². The second-order valence-corrected chi connectivity index (χ2v) is 10.2. The Morgan fingerprint density at radius 1 is 1.24 bits per heavy atom. The highest BCUT2D eigenvalue weighted by Crippen LogP contribution is 2.57. The summed E-state index contributed by atoms with van der Waals surface area (Å²) in [5.74, 6) is 0.793. The number of alkyl carbamates (subject to hydrolysis) is 1. The standard InChI is InChI=1S/C23H25F4N7O3/c1-11-4-18-29-13(10-36-23(25,26)27)9-34(18)20(28-11)30-17-5-15(32-33-17)14-2-3-16(19(14)24)37-21(35)31-22-6-12(7-22)8-22/h4-5,9,12,14,16,19H,2-3,6-8,10H2,1H3,(H,31,35)(H2,28,30,32,33)/t12?,14-,16-,19+,22?/m0/s1. The van der Waals surface area contributed by atoms with Crippen LogP contribution in [0, 0.1) is 12.8 Å². The van der Waals surface area contributed by atoms with Crippen molar-refractivity contribution >= 4 is 23.5 Å². The zero-order chi connectivity index (χ0) is 25.9. The average molecular weight is 523 g/mol. The molecule has 3 N–H and O–H groups in total. The number of aromatic amines is 1. The molecule has 14 heteroatoms. The van der Waals surface area contributed by atoms with Crippen molar-refractivity contribution < 1.29 is 31.8 Å². The first-order chi connectivity index (χ1) is 17.6. The Kier molecular flexibility index (Phi) is 5.55. The average Bonchev–Trinajstić information content (AvgIpc) is 3.47. The number of imidazole rings is 1. The van der Waals surface area contributed by atoms with Crippen LogP contribution in [0.15, 0.2) is 18.3 Å². The van der Waals surface area contributed by atoms with Gasteiger partial charge in [0.2, 0.25) is 5.95 Å². The Bertz CT molecular complexity index is 1320. The Balaban J connectivity index is 1.11. The van der Waals surface area contributed by atoms with E-state index in [1.165, 1.54) is 10.6 Å². The topological polar surface area (TPSA) is 118 Å². The number of alkyl halides is 4. The fraction of sp³-hybridized carbons (Fsp3) is 0.565. The molecule has 0 aliphatic heterocycles. The number of carbonyl (C=O) groups excluding carboxylic acids is 1. The van der Waals surface area contributed by atoms with E-state index in [0.717, 1.165) is 19.3 Å². The second-order valence-electron chi connectivity index (χ2n) is 10.2. The van der Waals surface area contributed by atoms with E-state index < -0.39 is 37.3 Å². The van der Waals surface area contributed by atoms with Crippen molar-refractivity contribution in [3.63, 3.8) is 0 Å². The van der Waals surface area contributed by atoms with Gasteiger partial charge in [-0.15, -0.1) is 13.2 Å². The molecule has 3 heterocycles. The maximum atomic E-state index is 15.2. The molecular formula is C23H25F4N7O3. The van der Waals surface area contributed by atoms with E-state index in [2.05, 4.69) is 35.5 Å². The number of anilines is 2. The fourth-order valence-corrected chi connectivity index (χ4v) is 5.56. The Labute approximate surface area is 208 Å². The van der Waals surface area contributed by atoms with Crippen molar-refractivity contribution in [2.45, 2.75) is 75.7 Å². The molecule has 3 aromatic rings. The van der Waals surface area contributed by atoms with Gasteiger partial charge >= 0.3 is 12.5 Å². The van der Waals surface area contributed by atoms with Crippen LogP contribution in [-0.4, -0.2) is 54.8 Å². The molecule has 1 amide bonds. The minimum absolute atomic E-state index is 0.0748. The summed E-state index contributed by atoms with van der Waals surface area (Å²) in [7, 11) is 0. The number of fused-ring (bicyclic) bond motifs is 1. The van der Waals surface area contributed by atoms with Crippen LogP contribution in [0.2, 0.25) is 0 Å². The zero-order valence-electron chi connectivity index (χ0n) is 19.8. The maximum absolute atomic E-state index is 15.2. The first-order valence-corrected chi connectivity index (χ1v) is 12.1. The summed E-state index contributed by atoms with van der Waals surface area (Å²) in [6, 6.07) is 3.26. The number of hydrogen-bond donors (Lipinski definition) is 3. The van der Waals surface area contributed by atoms with Crippen LogP contribution < -0.4 is 10.6 Å². The second kappa shape index (κ2) is 8.57. The predicted molar refractivity (Wildman–Crippen MR) is 121 cm³/mol. The Morgan fingerprint density at radius 2 is 2.03 bits per heavy atom. The summed E-state index contributed by atoms with van der Waals surface area (Å²) < 4.78 is 63.2. The minimum Gasteiger partial charge on any atom is -0.443 e. The molecule has 4 aliphatic rings.